The van der Waals surface area contributed by atoms with Gasteiger partial charge in [-0.15, -0.1) is 0 Å². The van der Waals surface area contributed by atoms with Crippen LogP contribution in [0.15, 0.2) is 79.8 Å². The minimum absolute atomic E-state index is 0.0221. The van der Waals surface area contributed by atoms with Crippen LogP contribution in [-0.2, 0) is 11.2 Å². The third-order valence-electron chi connectivity index (χ3n) is 8.56. The summed E-state index contributed by atoms with van der Waals surface area (Å²) >= 11 is 0. The number of nitrogens with two attached hydrogens (primary N) is 1. The van der Waals surface area contributed by atoms with Crippen LogP contribution < -0.4 is 11.1 Å². The molecule has 3 N–H and O–H groups in total. The summed E-state index contributed by atoms with van der Waals surface area (Å²) in [5.41, 5.74) is 11.7. The maximum absolute atomic E-state index is 15.3. The standard InChI is InChI=1S/C32H32FN9O/c1-3-28(43)40-17-19(2)29(24(33)18-40)37-25-10-7-20-16-21(8-9-22(20)25)42-31(23-6-4-13-35-30(23)34)38-26-11-12-27(39-32(26)42)41-15-5-14-36-41/h3-6,8-9,11-16,19,24-25,29,37H,1,7,10,17-18H2,2H3,(H2,34,35). The van der Waals surface area contributed by atoms with Crippen molar-refractivity contribution in [3.63, 3.8) is 0 Å². The number of nitrogen functional groups attached to an aromatic ring is 1. The molecule has 4 unspecified atom stereocenters. The molecule has 0 saturated carbocycles. The number of alkyl halides is 1. The second-order valence-electron chi connectivity index (χ2n) is 11.3. The highest BCUT2D eigenvalue weighted by Crippen LogP contribution is 2.37. The number of likely N-dealkylation sites (tertiary alicyclic amines) is 1. The van der Waals surface area contributed by atoms with Gasteiger partial charge in [0.05, 0.1) is 12.1 Å². The molecule has 1 saturated heterocycles. The van der Waals surface area contributed by atoms with Crippen molar-refractivity contribution >= 4 is 22.9 Å². The lowest BCUT2D eigenvalue weighted by Gasteiger charge is -2.40. The molecule has 0 radical (unpaired) electrons. The molecule has 2 aliphatic rings. The highest BCUT2D eigenvalue weighted by molar-refractivity contribution is 5.87. The third kappa shape index (κ3) is 4.75. The number of piperidine rings is 1. The first kappa shape index (κ1) is 27.0. The average Bonchev–Trinajstić information content (AvgIpc) is 3.77. The zero-order chi connectivity index (χ0) is 29.7. The number of benzene rings is 1. The summed E-state index contributed by atoms with van der Waals surface area (Å²) in [7, 11) is 0. The maximum Gasteiger partial charge on any atom is 0.246 e. The molecule has 5 heterocycles. The summed E-state index contributed by atoms with van der Waals surface area (Å²) in [5, 5.41) is 7.94. The van der Waals surface area contributed by atoms with Crippen LogP contribution in [0.5, 0.6) is 0 Å². The van der Waals surface area contributed by atoms with Gasteiger partial charge in [0.1, 0.15) is 17.5 Å². The van der Waals surface area contributed by atoms with E-state index in [0.29, 0.717) is 35.2 Å². The predicted octanol–water partition coefficient (Wildman–Crippen LogP) is 4.20. The molecule has 218 valence electrons. The van der Waals surface area contributed by atoms with Gasteiger partial charge in [0.2, 0.25) is 5.91 Å². The molecule has 7 rings (SSSR count). The van der Waals surface area contributed by atoms with Gasteiger partial charge in [-0.2, -0.15) is 5.10 Å². The Morgan fingerprint density at radius 2 is 2.02 bits per heavy atom. The van der Waals surface area contributed by atoms with E-state index >= 15 is 4.39 Å². The number of carbonyl (C=O) groups is 1. The van der Waals surface area contributed by atoms with Crippen molar-refractivity contribution in [2.24, 2.45) is 5.92 Å². The second kappa shape index (κ2) is 10.7. The molecule has 10 nitrogen and oxygen atoms in total. The van der Waals surface area contributed by atoms with Crippen LogP contribution in [0.3, 0.4) is 0 Å². The molecular weight excluding hydrogens is 545 g/mol. The first-order valence-corrected chi connectivity index (χ1v) is 14.5. The Bertz CT molecular complexity index is 1820. The Balaban J connectivity index is 1.25. The molecule has 4 aromatic heterocycles. The molecule has 11 heteroatoms. The van der Waals surface area contributed by atoms with Gasteiger partial charge in [0, 0.05) is 42.9 Å². The first-order valence-electron chi connectivity index (χ1n) is 14.5. The van der Waals surface area contributed by atoms with Crippen LogP contribution in [0.25, 0.3) is 34.1 Å². The van der Waals surface area contributed by atoms with Crippen molar-refractivity contribution in [2.45, 2.75) is 38.0 Å². The second-order valence-corrected chi connectivity index (χ2v) is 11.3. The topological polar surface area (TPSA) is 120 Å². The summed E-state index contributed by atoms with van der Waals surface area (Å²) in [6.07, 6.45) is 7.03. The van der Waals surface area contributed by atoms with Crippen molar-refractivity contribution in [3.05, 3.63) is 90.9 Å². The number of carbonyl (C=O) groups excluding carboxylic acids is 1. The SMILES string of the molecule is C=CC(=O)N1CC(C)C(NC2CCc3cc(-n4c(-c5cccnc5N)nc5ccc(-n6cccn6)nc54)ccc32)C(F)C1. The highest BCUT2D eigenvalue weighted by Gasteiger charge is 2.38. The lowest BCUT2D eigenvalue weighted by atomic mass is 9.91. The largest absolute Gasteiger partial charge is 0.383 e. The van der Waals surface area contributed by atoms with Gasteiger partial charge in [0.15, 0.2) is 17.3 Å². The molecule has 1 aliphatic carbocycles. The number of anilines is 1. The summed E-state index contributed by atoms with van der Waals surface area (Å²) in [4.78, 5) is 27.8. The van der Waals surface area contributed by atoms with E-state index in [1.807, 2.05) is 48.0 Å². The Hall–Kier alpha value is -4.90. The minimum Gasteiger partial charge on any atom is -0.383 e. The number of hydrogen-bond donors (Lipinski definition) is 2. The molecule has 1 aliphatic heterocycles. The fourth-order valence-corrected chi connectivity index (χ4v) is 6.45. The van der Waals surface area contributed by atoms with Gasteiger partial charge in [-0.25, -0.2) is 24.0 Å². The Labute approximate surface area is 248 Å². The molecule has 43 heavy (non-hydrogen) atoms. The maximum atomic E-state index is 15.3. The van der Waals surface area contributed by atoms with Gasteiger partial charge in [0.25, 0.3) is 0 Å². The zero-order valence-corrected chi connectivity index (χ0v) is 23.8. The van der Waals surface area contributed by atoms with Crippen molar-refractivity contribution in [1.82, 2.24) is 39.5 Å². The molecular formula is C32H32FN9O. The minimum atomic E-state index is -1.16. The van der Waals surface area contributed by atoms with Crippen LogP contribution in [0, 0.1) is 5.92 Å². The first-order chi connectivity index (χ1) is 20.9. The normalized spacial score (nSPS) is 21.7. The summed E-state index contributed by atoms with van der Waals surface area (Å²) in [5.74, 6) is 1.44. The van der Waals surface area contributed by atoms with E-state index in [-0.39, 0.29) is 30.5 Å². The van der Waals surface area contributed by atoms with E-state index in [1.54, 1.807) is 22.0 Å². The number of nitrogens with zero attached hydrogens (tertiary/aromatic N) is 7. The third-order valence-corrected chi connectivity index (χ3v) is 8.56. The van der Waals surface area contributed by atoms with Crippen LogP contribution in [0.4, 0.5) is 10.2 Å². The number of pyridine rings is 2. The molecule has 0 spiro atoms. The fourth-order valence-electron chi connectivity index (χ4n) is 6.45. The van der Waals surface area contributed by atoms with Gasteiger partial charge in [-0.1, -0.05) is 19.6 Å². The monoisotopic (exact) mass is 577 g/mol. The van der Waals surface area contributed by atoms with Crippen LogP contribution in [0.2, 0.25) is 0 Å². The van der Waals surface area contributed by atoms with Crippen molar-refractivity contribution in [1.29, 1.82) is 0 Å². The zero-order valence-electron chi connectivity index (χ0n) is 23.8. The van der Waals surface area contributed by atoms with E-state index < -0.39 is 6.17 Å². The van der Waals surface area contributed by atoms with E-state index in [0.717, 1.165) is 29.6 Å². The summed E-state index contributed by atoms with van der Waals surface area (Å²) in [6, 6.07) is 15.4. The predicted molar refractivity (Wildman–Crippen MR) is 162 cm³/mol. The number of amides is 1. The molecule has 5 aromatic rings. The Kier molecular flexibility index (Phi) is 6.73. The lowest BCUT2D eigenvalue weighted by molar-refractivity contribution is -0.129. The van der Waals surface area contributed by atoms with Crippen LogP contribution >= 0.6 is 0 Å². The number of fused-ring (bicyclic) bond motifs is 2. The van der Waals surface area contributed by atoms with Crippen LogP contribution in [0.1, 0.15) is 30.5 Å². The number of halogens is 1. The molecule has 1 amide bonds. The van der Waals surface area contributed by atoms with E-state index in [9.17, 15) is 4.79 Å². The van der Waals surface area contributed by atoms with Gasteiger partial charge in [-0.3, -0.25) is 9.36 Å². The number of nitrogens with one attached hydrogen (secondary N) is 1. The van der Waals surface area contributed by atoms with Gasteiger partial charge < -0.3 is 16.0 Å². The van der Waals surface area contributed by atoms with Crippen molar-refractivity contribution in [2.75, 3.05) is 18.8 Å². The fraction of sp³-hybridized carbons (Fsp3) is 0.281. The lowest BCUT2D eigenvalue weighted by Crippen LogP contribution is -2.57. The molecule has 1 aromatic carbocycles. The molecule has 4 atom stereocenters. The molecule has 0 bridgehead atoms. The Morgan fingerprint density at radius 3 is 2.79 bits per heavy atom. The van der Waals surface area contributed by atoms with Crippen LogP contribution in [-0.4, -0.2) is 65.4 Å². The Morgan fingerprint density at radius 1 is 1.14 bits per heavy atom. The van der Waals surface area contributed by atoms with Gasteiger partial charge in [-0.05, 0) is 78.4 Å². The summed E-state index contributed by atoms with van der Waals surface area (Å²) < 4.78 is 19.0. The molecule has 1 fully saturated rings. The van der Waals surface area contributed by atoms with Gasteiger partial charge >= 0.3 is 0 Å². The number of rotatable bonds is 6. The van der Waals surface area contributed by atoms with Crippen molar-refractivity contribution < 1.29 is 9.18 Å². The van der Waals surface area contributed by atoms with Crippen molar-refractivity contribution in [3.8, 4) is 22.9 Å². The quantitative estimate of drug-likeness (QED) is 0.290. The number of hydrogen-bond acceptors (Lipinski definition) is 7. The van der Waals surface area contributed by atoms with E-state index in [2.05, 4.69) is 40.2 Å². The average molecular weight is 578 g/mol. The smallest absolute Gasteiger partial charge is 0.246 e. The summed E-state index contributed by atoms with van der Waals surface area (Å²) in [6.45, 7) is 6.12. The number of aromatic nitrogens is 6. The highest BCUT2D eigenvalue weighted by atomic mass is 19.1. The van der Waals surface area contributed by atoms with E-state index in [1.165, 1.54) is 11.6 Å². The van der Waals surface area contributed by atoms with E-state index in [4.69, 9.17) is 15.7 Å². The number of imidazole rings is 1. The number of aryl methyl sites for hydroxylation is 1.